The van der Waals surface area contributed by atoms with E-state index in [0.29, 0.717) is 11.5 Å². The van der Waals surface area contributed by atoms with E-state index in [1.165, 1.54) is 75.4 Å². The summed E-state index contributed by atoms with van der Waals surface area (Å²) >= 11 is 0. The number of benzene rings is 1. The Morgan fingerprint density at radius 1 is 0.839 bits per heavy atom. The highest BCUT2D eigenvalue weighted by Gasteiger charge is 2.30. The highest BCUT2D eigenvalue weighted by Crippen LogP contribution is 2.42. The van der Waals surface area contributed by atoms with E-state index in [2.05, 4.69) is 13.0 Å². The van der Waals surface area contributed by atoms with Crippen LogP contribution in [0.25, 0.3) is 0 Å². The summed E-state index contributed by atoms with van der Waals surface area (Å²) in [4.78, 5) is 0. The first-order valence-electron chi connectivity index (χ1n) is 12.7. The zero-order valence-corrected chi connectivity index (χ0v) is 20.8. The molecule has 0 heterocycles. The van der Waals surface area contributed by atoms with Gasteiger partial charge in [0.25, 0.3) is 0 Å². The molecule has 1 aromatic carbocycles. The van der Waals surface area contributed by atoms with Crippen LogP contribution in [0.15, 0.2) is 18.2 Å². The lowest BCUT2D eigenvalue weighted by molar-refractivity contribution is 0.147. The first kappa shape index (κ1) is 24.5. The standard InChI is InChI=1S/C26H42F2O2Si/c1-2-4-20-7-11-22(12-8-20)23-13-9-21(10-14-23)19-31-25-6-3-5-24(29-17-15-27)26(25)30-18-16-28/h3,5-6,20-23H,2,4,7-19,31H2,1H3. The van der Waals surface area contributed by atoms with Crippen molar-refractivity contribution in [2.45, 2.75) is 77.2 Å². The van der Waals surface area contributed by atoms with Crippen LogP contribution in [-0.4, -0.2) is 36.1 Å². The third-order valence-electron chi connectivity index (χ3n) is 7.69. The SMILES string of the molecule is CCCC1CCC(C2CCC(C[SiH2]c3cccc(OCCF)c3OCCF)CC2)CC1. The first-order valence-corrected chi connectivity index (χ1v) is 14.4. The fourth-order valence-corrected chi connectivity index (χ4v) is 8.09. The maximum atomic E-state index is 12.7. The smallest absolute Gasteiger partial charge is 0.161 e. The largest absolute Gasteiger partial charge is 0.487 e. The van der Waals surface area contributed by atoms with Crippen LogP contribution >= 0.6 is 0 Å². The van der Waals surface area contributed by atoms with Gasteiger partial charge in [-0.05, 0) is 60.6 Å². The Morgan fingerprint density at radius 3 is 2.06 bits per heavy atom. The van der Waals surface area contributed by atoms with E-state index < -0.39 is 22.9 Å². The summed E-state index contributed by atoms with van der Waals surface area (Å²) in [5.74, 6) is 5.00. The van der Waals surface area contributed by atoms with Gasteiger partial charge in [-0.3, -0.25) is 0 Å². The van der Waals surface area contributed by atoms with E-state index in [-0.39, 0.29) is 13.2 Å². The molecule has 2 fully saturated rings. The molecule has 2 aliphatic carbocycles. The number of para-hydroxylation sites is 1. The lowest BCUT2D eigenvalue weighted by atomic mass is 9.69. The van der Waals surface area contributed by atoms with Crippen LogP contribution in [0.5, 0.6) is 11.5 Å². The summed E-state index contributed by atoms with van der Waals surface area (Å²) in [6.07, 6.45) is 14.2. The van der Waals surface area contributed by atoms with Crippen LogP contribution in [0.1, 0.15) is 71.1 Å². The fourth-order valence-electron chi connectivity index (χ4n) is 5.99. The summed E-state index contributed by atoms with van der Waals surface area (Å²) in [6, 6.07) is 7.14. The molecule has 2 aliphatic rings. The molecule has 0 bridgehead atoms. The Kier molecular flexibility index (Phi) is 10.6. The summed E-state index contributed by atoms with van der Waals surface area (Å²) in [6.45, 7) is 1.31. The van der Waals surface area contributed by atoms with Crippen molar-refractivity contribution in [3.8, 4) is 11.5 Å². The van der Waals surface area contributed by atoms with E-state index >= 15 is 0 Å². The van der Waals surface area contributed by atoms with E-state index in [4.69, 9.17) is 9.47 Å². The van der Waals surface area contributed by atoms with Crippen LogP contribution in [0.2, 0.25) is 6.04 Å². The molecule has 0 radical (unpaired) electrons. The molecule has 0 saturated heterocycles. The summed E-state index contributed by atoms with van der Waals surface area (Å²) in [5.41, 5.74) is 0. The van der Waals surface area contributed by atoms with Crippen LogP contribution in [0.4, 0.5) is 8.78 Å². The maximum absolute atomic E-state index is 12.7. The van der Waals surface area contributed by atoms with Gasteiger partial charge < -0.3 is 9.47 Å². The maximum Gasteiger partial charge on any atom is 0.161 e. The molecule has 0 aromatic heterocycles. The highest BCUT2D eigenvalue weighted by molar-refractivity contribution is 6.54. The monoisotopic (exact) mass is 452 g/mol. The molecule has 5 heteroatoms. The second kappa shape index (κ2) is 13.4. The van der Waals surface area contributed by atoms with Crippen LogP contribution < -0.4 is 14.7 Å². The van der Waals surface area contributed by atoms with Crippen LogP contribution in [-0.2, 0) is 0 Å². The number of rotatable bonds is 12. The molecule has 0 amide bonds. The van der Waals surface area contributed by atoms with Crippen molar-refractivity contribution in [1.82, 2.24) is 0 Å². The molecule has 0 atom stereocenters. The Hall–Kier alpha value is -1.10. The zero-order valence-electron chi connectivity index (χ0n) is 19.4. The molecular weight excluding hydrogens is 410 g/mol. The molecule has 0 N–H and O–H groups in total. The number of ether oxygens (including phenoxy) is 2. The molecule has 0 spiro atoms. The Bertz CT molecular complexity index is 626. The van der Waals surface area contributed by atoms with E-state index in [0.717, 1.165) is 23.7 Å². The molecule has 31 heavy (non-hydrogen) atoms. The zero-order chi connectivity index (χ0) is 21.9. The molecule has 176 valence electrons. The van der Waals surface area contributed by atoms with Crippen LogP contribution in [0.3, 0.4) is 0 Å². The fraction of sp³-hybridized carbons (Fsp3) is 0.769. The lowest BCUT2D eigenvalue weighted by Gasteiger charge is -2.38. The number of hydrogen-bond acceptors (Lipinski definition) is 2. The third kappa shape index (κ3) is 7.47. The lowest BCUT2D eigenvalue weighted by Crippen LogP contribution is -2.27. The van der Waals surface area contributed by atoms with Gasteiger partial charge in [0.15, 0.2) is 11.5 Å². The normalized spacial score (nSPS) is 26.9. The molecule has 2 nitrogen and oxygen atoms in total. The van der Waals surface area contributed by atoms with Gasteiger partial charge in [0.05, 0.1) is 9.52 Å². The highest BCUT2D eigenvalue weighted by atomic mass is 28.2. The Balaban J connectivity index is 1.47. The van der Waals surface area contributed by atoms with Crippen molar-refractivity contribution in [2.75, 3.05) is 26.6 Å². The van der Waals surface area contributed by atoms with Crippen molar-refractivity contribution < 1.29 is 18.3 Å². The summed E-state index contributed by atoms with van der Waals surface area (Å²) < 4.78 is 36.5. The van der Waals surface area contributed by atoms with Crippen molar-refractivity contribution in [3.63, 3.8) is 0 Å². The number of halogens is 2. The van der Waals surface area contributed by atoms with Gasteiger partial charge in [0.2, 0.25) is 0 Å². The van der Waals surface area contributed by atoms with E-state index in [1.807, 2.05) is 12.1 Å². The predicted molar refractivity (Wildman–Crippen MR) is 128 cm³/mol. The van der Waals surface area contributed by atoms with Gasteiger partial charge in [-0.1, -0.05) is 63.6 Å². The second-order valence-electron chi connectivity index (χ2n) is 9.71. The minimum absolute atomic E-state index is 0.0152. The Morgan fingerprint density at radius 2 is 1.45 bits per heavy atom. The molecule has 1 aromatic rings. The van der Waals surface area contributed by atoms with Crippen molar-refractivity contribution in [2.24, 2.45) is 23.7 Å². The summed E-state index contributed by atoms with van der Waals surface area (Å²) in [5, 5.41) is 1.20. The van der Waals surface area contributed by atoms with Crippen LogP contribution in [0, 0.1) is 23.7 Å². The topological polar surface area (TPSA) is 18.5 Å². The molecule has 0 unspecified atom stereocenters. The van der Waals surface area contributed by atoms with Gasteiger partial charge in [0, 0.05) is 0 Å². The number of alkyl halides is 2. The minimum Gasteiger partial charge on any atom is -0.487 e. The van der Waals surface area contributed by atoms with E-state index in [1.54, 1.807) is 0 Å². The first-order chi connectivity index (χ1) is 15.2. The third-order valence-corrected chi connectivity index (χ3v) is 9.89. The van der Waals surface area contributed by atoms with Gasteiger partial charge in [-0.15, -0.1) is 0 Å². The van der Waals surface area contributed by atoms with Gasteiger partial charge >= 0.3 is 0 Å². The Labute approximate surface area is 190 Å². The molecule has 3 rings (SSSR count). The quantitative estimate of drug-likeness (QED) is 0.362. The van der Waals surface area contributed by atoms with Gasteiger partial charge in [-0.2, -0.15) is 0 Å². The predicted octanol–water partition coefficient (Wildman–Crippen LogP) is 6.01. The molecule has 2 saturated carbocycles. The van der Waals surface area contributed by atoms with Crippen molar-refractivity contribution in [3.05, 3.63) is 18.2 Å². The molecular formula is C26H42F2O2Si. The summed E-state index contributed by atoms with van der Waals surface area (Å²) in [7, 11) is -0.532. The average Bonchev–Trinajstić information content (AvgIpc) is 2.81. The second-order valence-corrected chi connectivity index (χ2v) is 11.5. The van der Waals surface area contributed by atoms with E-state index in [9.17, 15) is 8.78 Å². The number of hydrogen-bond donors (Lipinski definition) is 0. The minimum atomic E-state index is -0.534. The van der Waals surface area contributed by atoms with Crippen molar-refractivity contribution >= 4 is 14.7 Å². The molecule has 0 aliphatic heterocycles. The average molecular weight is 453 g/mol. The van der Waals surface area contributed by atoms with Crippen molar-refractivity contribution in [1.29, 1.82) is 0 Å². The van der Waals surface area contributed by atoms with Gasteiger partial charge in [-0.25, -0.2) is 8.78 Å². The van der Waals surface area contributed by atoms with Gasteiger partial charge in [0.1, 0.15) is 26.6 Å².